The predicted octanol–water partition coefficient (Wildman–Crippen LogP) is 5.98. The number of nitrogens with one attached hydrogen (secondary N) is 1. The highest BCUT2D eigenvalue weighted by Gasteiger charge is 2.38. The Hall–Kier alpha value is -1.44. The van der Waals surface area contributed by atoms with Gasteiger partial charge < -0.3 is 20.1 Å². The maximum Gasteiger partial charge on any atom is 0.348 e. The van der Waals surface area contributed by atoms with E-state index in [1.165, 1.54) is 11.3 Å². The maximum absolute atomic E-state index is 14.0. The van der Waals surface area contributed by atoms with Gasteiger partial charge in [-0.05, 0) is 94.7 Å². The third kappa shape index (κ3) is 6.47. The first kappa shape index (κ1) is 26.6. The normalized spacial score (nSPS) is 28.6. The summed E-state index contributed by atoms with van der Waals surface area (Å²) in [5.41, 5.74) is 0.460. The number of piperidine rings is 1. The molecule has 196 valence electrons. The third-order valence-corrected chi connectivity index (χ3v) is 9.73. The van der Waals surface area contributed by atoms with Crippen LogP contribution in [0.1, 0.15) is 106 Å². The van der Waals surface area contributed by atoms with Crippen LogP contribution in [-0.2, 0) is 14.9 Å². The number of hydrogen-bond acceptors (Lipinski definition) is 5. The molecule has 2 N–H and O–H groups in total. The van der Waals surface area contributed by atoms with Gasteiger partial charge in [0.2, 0.25) is 5.91 Å². The molecule has 6 nitrogen and oxygen atoms in total. The highest BCUT2D eigenvalue weighted by atomic mass is 32.1. The summed E-state index contributed by atoms with van der Waals surface area (Å²) in [6.07, 6.45) is 10.3. The van der Waals surface area contributed by atoms with E-state index in [0.717, 1.165) is 82.2 Å². The average molecular weight is 505 g/mol. The zero-order valence-electron chi connectivity index (χ0n) is 22.0. The summed E-state index contributed by atoms with van der Waals surface area (Å²) in [7, 11) is 0. The zero-order chi connectivity index (χ0) is 25.2. The van der Waals surface area contributed by atoms with Gasteiger partial charge in [0.1, 0.15) is 4.88 Å². The fourth-order valence-corrected chi connectivity index (χ4v) is 6.97. The SMILES string of the molecule is CC1CCC(C(=O)N(c2cc(C(C)(C)C)sc2C(=O)O)C2CCC(OC3CCNCC3)CC2)CC1. The monoisotopic (exact) mass is 504 g/mol. The van der Waals surface area contributed by atoms with Crippen molar-refractivity contribution in [3.63, 3.8) is 0 Å². The number of thiophene rings is 1. The molecular weight excluding hydrogens is 460 g/mol. The van der Waals surface area contributed by atoms with Crippen LogP contribution in [0.4, 0.5) is 5.69 Å². The molecule has 2 aliphatic carbocycles. The molecule has 0 bridgehead atoms. The van der Waals surface area contributed by atoms with E-state index in [-0.39, 0.29) is 29.4 Å². The van der Waals surface area contributed by atoms with E-state index in [1.54, 1.807) is 0 Å². The summed E-state index contributed by atoms with van der Waals surface area (Å²) in [5, 5.41) is 13.5. The van der Waals surface area contributed by atoms with Crippen LogP contribution in [-0.4, -0.2) is 48.3 Å². The van der Waals surface area contributed by atoms with Crippen molar-refractivity contribution in [3.05, 3.63) is 15.8 Å². The molecule has 35 heavy (non-hydrogen) atoms. The fourth-order valence-electron chi connectivity index (χ4n) is 5.93. The molecule has 1 aliphatic heterocycles. The highest BCUT2D eigenvalue weighted by molar-refractivity contribution is 7.14. The molecule has 3 aliphatic rings. The second-order valence-electron chi connectivity index (χ2n) is 12.1. The molecule has 0 radical (unpaired) electrons. The van der Waals surface area contributed by atoms with Gasteiger partial charge in [-0.1, -0.05) is 27.7 Å². The van der Waals surface area contributed by atoms with E-state index in [4.69, 9.17) is 4.74 Å². The molecule has 7 heteroatoms. The number of carboxylic acids is 1. The molecular formula is C28H44N2O4S. The lowest BCUT2D eigenvalue weighted by molar-refractivity contribution is -0.124. The van der Waals surface area contributed by atoms with Crippen LogP contribution >= 0.6 is 11.3 Å². The van der Waals surface area contributed by atoms with Gasteiger partial charge in [-0.3, -0.25) is 4.79 Å². The Morgan fingerprint density at radius 2 is 1.57 bits per heavy atom. The molecule has 1 aromatic rings. The fraction of sp³-hybridized carbons (Fsp3) is 0.786. The Morgan fingerprint density at radius 1 is 0.971 bits per heavy atom. The zero-order valence-corrected chi connectivity index (χ0v) is 22.8. The Balaban J connectivity index is 1.56. The van der Waals surface area contributed by atoms with E-state index in [9.17, 15) is 14.7 Å². The molecule has 0 atom stereocenters. The lowest BCUT2D eigenvalue weighted by Crippen LogP contribution is -2.47. The topological polar surface area (TPSA) is 78.9 Å². The second kappa shape index (κ2) is 11.3. The minimum atomic E-state index is -0.932. The minimum absolute atomic E-state index is 0.00505. The van der Waals surface area contributed by atoms with Gasteiger partial charge >= 0.3 is 5.97 Å². The Morgan fingerprint density at radius 3 is 2.14 bits per heavy atom. The number of rotatable bonds is 6. The van der Waals surface area contributed by atoms with E-state index < -0.39 is 5.97 Å². The van der Waals surface area contributed by atoms with E-state index in [0.29, 0.717) is 22.6 Å². The molecule has 0 aromatic carbocycles. The van der Waals surface area contributed by atoms with E-state index >= 15 is 0 Å². The number of carboxylic acid groups (broad SMARTS) is 1. The van der Waals surface area contributed by atoms with Crippen LogP contribution in [0.3, 0.4) is 0 Å². The average Bonchev–Trinajstić information content (AvgIpc) is 3.27. The number of carbonyl (C=O) groups is 2. The van der Waals surface area contributed by atoms with Crippen molar-refractivity contribution in [2.24, 2.45) is 11.8 Å². The maximum atomic E-state index is 14.0. The van der Waals surface area contributed by atoms with Gasteiger partial charge in [-0.2, -0.15) is 0 Å². The van der Waals surface area contributed by atoms with Gasteiger partial charge in [0.25, 0.3) is 0 Å². The number of carbonyl (C=O) groups excluding carboxylic acids is 1. The van der Waals surface area contributed by atoms with Crippen molar-refractivity contribution in [1.29, 1.82) is 0 Å². The van der Waals surface area contributed by atoms with Crippen LogP contribution in [0.15, 0.2) is 6.07 Å². The number of hydrogen-bond donors (Lipinski definition) is 2. The number of aromatic carboxylic acids is 1. The summed E-state index contributed by atoms with van der Waals surface area (Å²) in [5.74, 6) is -0.133. The smallest absolute Gasteiger partial charge is 0.348 e. The number of nitrogens with zero attached hydrogens (tertiary/aromatic N) is 1. The molecule has 4 rings (SSSR count). The first-order valence-corrected chi connectivity index (χ1v) is 14.5. The lowest BCUT2D eigenvalue weighted by atomic mass is 9.81. The molecule has 2 saturated carbocycles. The van der Waals surface area contributed by atoms with Crippen molar-refractivity contribution < 1.29 is 19.4 Å². The van der Waals surface area contributed by atoms with Crippen molar-refractivity contribution in [2.75, 3.05) is 18.0 Å². The van der Waals surface area contributed by atoms with E-state index in [1.807, 2.05) is 11.0 Å². The lowest BCUT2D eigenvalue weighted by Gasteiger charge is -2.40. The first-order valence-electron chi connectivity index (χ1n) is 13.7. The Bertz CT molecular complexity index is 870. The summed E-state index contributed by atoms with van der Waals surface area (Å²) in [4.78, 5) is 29.6. The standard InChI is InChI=1S/C28H44N2O4S/c1-18-5-7-19(8-6-18)26(31)30(23-17-24(28(2,3)4)35-25(23)27(32)33)20-9-11-21(12-10-20)34-22-13-15-29-16-14-22/h17-22,29H,5-16H2,1-4H3,(H,32,33). The van der Waals surface area contributed by atoms with Crippen LogP contribution in [0.2, 0.25) is 0 Å². The predicted molar refractivity (Wildman–Crippen MR) is 142 cm³/mol. The molecule has 0 spiro atoms. The molecule has 3 fully saturated rings. The van der Waals surface area contributed by atoms with Gasteiger partial charge in [0, 0.05) is 16.8 Å². The van der Waals surface area contributed by atoms with Gasteiger partial charge in [0.05, 0.1) is 17.9 Å². The van der Waals surface area contributed by atoms with Crippen molar-refractivity contribution >= 4 is 28.9 Å². The highest BCUT2D eigenvalue weighted by Crippen LogP contribution is 2.42. The van der Waals surface area contributed by atoms with Crippen LogP contribution in [0.5, 0.6) is 0 Å². The first-order chi connectivity index (χ1) is 16.6. The second-order valence-corrected chi connectivity index (χ2v) is 13.1. The Labute approximate surface area is 214 Å². The van der Waals surface area contributed by atoms with Crippen molar-refractivity contribution in [2.45, 2.75) is 116 Å². The largest absolute Gasteiger partial charge is 0.477 e. The minimum Gasteiger partial charge on any atom is -0.477 e. The van der Waals surface area contributed by atoms with Crippen LogP contribution < -0.4 is 10.2 Å². The van der Waals surface area contributed by atoms with E-state index in [2.05, 4.69) is 33.0 Å². The quantitative estimate of drug-likeness (QED) is 0.498. The van der Waals surface area contributed by atoms with Gasteiger partial charge in [0.15, 0.2) is 0 Å². The molecule has 2 heterocycles. The van der Waals surface area contributed by atoms with Crippen LogP contribution in [0, 0.1) is 11.8 Å². The van der Waals surface area contributed by atoms with Crippen molar-refractivity contribution in [3.8, 4) is 0 Å². The summed E-state index contributed by atoms with van der Waals surface area (Å²) < 4.78 is 6.43. The number of amides is 1. The van der Waals surface area contributed by atoms with Crippen LogP contribution in [0.25, 0.3) is 0 Å². The molecule has 1 saturated heterocycles. The summed E-state index contributed by atoms with van der Waals surface area (Å²) >= 11 is 1.33. The third-order valence-electron chi connectivity index (χ3n) is 8.19. The molecule has 1 aromatic heterocycles. The Kier molecular flexibility index (Phi) is 8.60. The van der Waals surface area contributed by atoms with Crippen molar-refractivity contribution in [1.82, 2.24) is 5.32 Å². The van der Waals surface area contributed by atoms with Gasteiger partial charge in [-0.15, -0.1) is 11.3 Å². The number of ether oxygens (including phenoxy) is 1. The molecule has 1 amide bonds. The number of anilines is 1. The van der Waals surface area contributed by atoms with Gasteiger partial charge in [-0.25, -0.2) is 4.79 Å². The molecule has 0 unspecified atom stereocenters. The summed E-state index contributed by atoms with van der Waals surface area (Å²) in [6, 6.07) is 2.03. The summed E-state index contributed by atoms with van der Waals surface area (Å²) in [6.45, 7) is 10.6.